The molecule has 1 saturated heterocycles. The van der Waals surface area contributed by atoms with Crippen molar-refractivity contribution >= 4 is 0 Å². The maximum absolute atomic E-state index is 11.6. The number of piperidine rings is 1. The first-order valence-electron chi connectivity index (χ1n) is 7.66. The first-order valence-corrected chi connectivity index (χ1v) is 7.66. The van der Waals surface area contributed by atoms with Crippen LogP contribution in [0, 0.1) is 0 Å². The standard InChI is InChI=1S/C17H19NO3/c1-9-17(20)7-3-4-13-16(17)8-11(18(9)2)10-5-6-12(19)15(21-13)14(10)16/h3,5-7,9,11,13,19-20H,4,8H2,1-2H3. The van der Waals surface area contributed by atoms with Crippen LogP contribution in [0.25, 0.3) is 0 Å². The smallest absolute Gasteiger partial charge is 0.165 e. The molecule has 4 heteroatoms. The highest BCUT2D eigenvalue weighted by Crippen LogP contribution is 2.68. The van der Waals surface area contributed by atoms with Gasteiger partial charge in [0.05, 0.1) is 5.41 Å². The zero-order chi connectivity index (χ0) is 14.6. The van der Waals surface area contributed by atoms with Gasteiger partial charge >= 0.3 is 0 Å². The van der Waals surface area contributed by atoms with E-state index >= 15 is 0 Å². The van der Waals surface area contributed by atoms with Crippen molar-refractivity contribution in [1.82, 2.24) is 4.90 Å². The van der Waals surface area contributed by atoms with E-state index in [0.717, 1.165) is 18.4 Å². The Morgan fingerprint density at radius 3 is 3.00 bits per heavy atom. The number of benzene rings is 1. The molecule has 5 atom stereocenters. The number of hydrogen-bond acceptors (Lipinski definition) is 4. The zero-order valence-electron chi connectivity index (χ0n) is 12.2. The molecule has 110 valence electrons. The number of likely N-dealkylation sites (N-methyl/N-ethyl adjacent to an activating group) is 1. The predicted octanol–water partition coefficient (Wildman–Crippen LogP) is 1.86. The van der Waals surface area contributed by atoms with Crippen molar-refractivity contribution in [3.63, 3.8) is 0 Å². The second-order valence-corrected chi connectivity index (χ2v) is 6.98. The largest absolute Gasteiger partial charge is 0.504 e. The molecule has 21 heavy (non-hydrogen) atoms. The number of phenols is 1. The lowest BCUT2D eigenvalue weighted by Crippen LogP contribution is -2.68. The SMILES string of the molecule is CC1N(C)C2CC34c5c2ccc(O)c5OC3CC=CC14O. The lowest BCUT2D eigenvalue weighted by Gasteiger charge is -2.56. The Kier molecular flexibility index (Phi) is 1.89. The Labute approximate surface area is 123 Å². The quantitative estimate of drug-likeness (QED) is 0.714. The van der Waals surface area contributed by atoms with Crippen LogP contribution in [0.3, 0.4) is 0 Å². The second kappa shape index (κ2) is 3.28. The summed E-state index contributed by atoms with van der Waals surface area (Å²) in [7, 11) is 2.08. The summed E-state index contributed by atoms with van der Waals surface area (Å²) >= 11 is 0. The van der Waals surface area contributed by atoms with Gasteiger partial charge in [0, 0.05) is 24.1 Å². The molecule has 5 rings (SSSR count). The molecule has 1 fully saturated rings. The number of hydrogen-bond donors (Lipinski definition) is 2. The van der Waals surface area contributed by atoms with Gasteiger partial charge in [-0.3, -0.25) is 4.90 Å². The molecule has 1 spiro atoms. The van der Waals surface area contributed by atoms with Crippen LogP contribution < -0.4 is 4.74 Å². The van der Waals surface area contributed by atoms with E-state index in [1.807, 2.05) is 18.2 Å². The third kappa shape index (κ3) is 1.01. The summed E-state index contributed by atoms with van der Waals surface area (Å²) in [5.74, 6) is 0.798. The summed E-state index contributed by atoms with van der Waals surface area (Å²) in [4.78, 5) is 2.27. The first kappa shape index (κ1) is 12.1. The summed E-state index contributed by atoms with van der Waals surface area (Å²) in [5.41, 5.74) is 0.930. The fraction of sp³-hybridized carbons (Fsp3) is 0.529. The first-order chi connectivity index (χ1) is 10.0. The van der Waals surface area contributed by atoms with Gasteiger partial charge in [-0.1, -0.05) is 18.2 Å². The number of phenolic OH excluding ortho intramolecular Hbond substituents is 1. The highest BCUT2D eigenvalue weighted by atomic mass is 16.5. The lowest BCUT2D eigenvalue weighted by atomic mass is 9.58. The van der Waals surface area contributed by atoms with Gasteiger partial charge in [0.2, 0.25) is 0 Å². The van der Waals surface area contributed by atoms with Gasteiger partial charge in [0.25, 0.3) is 0 Å². The van der Waals surface area contributed by atoms with Crippen LogP contribution in [0.4, 0.5) is 0 Å². The third-order valence-electron chi connectivity index (χ3n) is 6.48. The average Bonchev–Trinajstić information content (AvgIpc) is 2.96. The fourth-order valence-corrected chi connectivity index (χ4v) is 5.34. The molecule has 2 heterocycles. The lowest BCUT2D eigenvalue weighted by molar-refractivity contribution is -0.131. The number of ether oxygens (including phenoxy) is 1. The van der Waals surface area contributed by atoms with Crippen LogP contribution in [0.15, 0.2) is 24.3 Å². The molecule has 1 aromatic rings. The fourth-order valence-electron chi connectivity index (χ4n) is 5.34. The van der Waals surface area contributed by atoms with Gasteiger partial charge in [-0.2, -0.15) is 0 Å². The number of likely N-dealkylation sites (tertiary alicyclic amines) is 1. The van der Waals surface area contributed by atoms with Gasteiger partial charge in [-0.25, -0.2) is 0 Å². The molecule has 0 saturated carbocycles. The molecule has 5 unspecified atom stereocenters. The third-order valence-corrected chi connectivity index (χ3v) is 6.48. The van der Waals surface area contributed by atoms with Crippen molar-refractivity contribution < 1.29 is 14.9 Å². The monoisotopic (exact) mass is 285 g/mol. The second-order valence-electron chi connectivity index (χ2n) is 6.98. The van der Waals surface area contributed by atoms with Crippen molar-refractivity contribution in [2.45, 2.75) is 49.0 Å². The highest BCUT2D eigenvalue weighted by Gasteiger charge is 2.71. The van der Waals surface area contributed by atoms with Crippen LogP contribution in [-0.2, 0) is 5.41 Å². The summed E-state index contributed by atoms with van der Waals surface area (Å²) in [5, 5.41) is 21.8. The molecule has 2 N–H and O–H groups in total. The topological polar surface area (TPSA) is 52.9 Å². The summed E-state index contributed by atoms with van der Waals surface area (Å²) in [6.07, 6.45) is 5.58. The predicted molar refractivity (Wildman–Crippen MR) is 77.5 cm³/mol. The van der Waals surface area contributed by atoms with Crippen LogP contribution >= 0.6 is 0 Å². The number of rotatable bonds is 0. The van der Waals surface area contributed by atoms with E-state index in [9.17, 15) is 10.2 Å². The summed E-state index contributed by atoms with van der Waals surface area (Å²) in [6.45, 7) is 2.09. The molecule has 4 nitrogen and oxygen atoms in total. The van der Waals surface area contributed by atoms with E-state index in [0.29, 0.717) is 11.8 Å². The Morgan fingerprint density at radius 2 is 2.19 bits per heavy atom. The number of fused-ring (bicyclic) bond motifs is 2. The van der Waals surface area contributed by atoms with Crippen molar-refractivity contribution in [3.05, 3.63) is 35.4 Å². The van der Waals surface area contributed by atoms with Gasteiger partial charge in [0.15, 0.2) is 11.5 Å². The van der Waals surface area contributed by atoms with Gasteiger partial charge in [-0.05, 0) is 32.0 Å². The van der Waals surface area contributed by atoms with Crippen molar-refractivity contribution in [2.24, 2.45) is 0 Å². The van der Waals surface area contributed by atoms with E-state index in [1.165, 1.54) is 5.56 Å². The van der Waals surface area contributed by atoms with Crippen LogP contribution in [-0.4, -0.2) is 39.9 Å². The Balaban J connectivity index is 1.91. The van der Waals surface area contributed by atoms with Crippen molar-refractivity contribution in [2.75, 3.05) is 7.05 Å². The van der Waals surface area contributed by atoms with E-state index < -0.39 is 11.0 Å². The van der Waals surface area contributed by atoms with Crippen LogP contribution in [0.1, 0.15) is 36.9 Å². The molecule has 0 amide bonds. The van der Waals surface area contributed by atoms with Crippen LogP contribution in [0.2, 0.25) is 0 Å². The maximum atomic E-state index is 11.6. The van der Waals surface area contributed by atoms with Gasteiger partial charge in [0.1, 0.15) is 11.7 Å². The molecule has 4 aliphatic rings. The van der Waals surface area contributed by atoms with E-state index in [4.69, 9.17) is 4.74 Å². The number of nitrogens with zero attached hydrogens (tertiary/aromatic N) is 1. The molecule has 1 aromatic carbocycles. The molecular weight excluding hydrogens is 266 g/mol. The normalized spacial score (nSPS) is 45.6. The van der Waals surface area contributed by atoms with E-state index in [-0.39, 0.29) is 17.9 Å². The minimum absolute atomic E-state index is 0.0133. The summed E-state index contributed by atoms with van der Waals surface area (Å²) in [6, 6.07) is 4.05. The van der Waals surface area contributed by atoms with Crippen molar-refractivity contribution in [3.8, 4) is 11.5 Å². The van der Waals surface area contributed by atoms with Gasteiger partial charge in [-0.15, -0.1) is 0 Å². The number of aromatic hydroxyl groups is 1. The molecule has 2 bridgehead atoms. The van der Waals surface area contributed by atoms with Crippen molar-refractivity contribution in [1.29, 1.82) is 0 Å². The summed E-state index contributed by atoms with van der Waals surface area (Å²) < 4.78 is 6.10. The molecule has 2 aliphatic carbocycles. The molecule has 0 radical (unpaired) electrons. The van der Waals surface area contributed by atoms with E-state index in [1.54, 1.807) is 6.07 Å². The van der Waals surface area contributed by atoms with Gasteiger partial charge < -0.3 is 14.9 Å². The Hall–Kier alpha value is -1.52. The average molecular weight is 285 g/mol. The molecule has 2 aliphatic heterocycles. The molecular formula is C17H19NO3. The minimum atomic E-state index is -0.939. The molecule has 0 aromatic heterocycles. The number of aliphatic hydroxyl groups is 1. The van der Waals surface area contributed by atoms with Crippen LogP contribution in [0.5, 0.6) is 11.5 Å². The Morgan fingerprint density at radius 1 is 1.38 bits per heavy atom. The maximum Gasteiger partial charge on any atom is 0.165 e. The zero-order valence-corrected chi connectivity index (χ0v) is 12.2. The van der Waals surface area contributed by atoms with E-state index in [2.05, 4.69) is 18.9 Å². The highest BCUT2D eigenvalue weighted by molar-refractivity contribution is 5.65. The minimum Gasteiger partial charge on any atom is -0.504 e. The Bertz CT molecular complexity index is 700.